The summed E-state index contributed by atoms with van der Waals surface area (Å²) in [5, 5.41) is 0. The molecule has 0 aliphatic carbocycles. The van der Waals surface area contributed by atoms with Crippen molar-refractivity contribution in [3.8, 4) is 0 Å². The van der Waals surface area contributed by atoms with Gasteiger partial charge in [0.2, 0.25) is 0 Å². The largest absolute Gasteiger partial charge is 0.330 e. The van der Waals surface area contributed by atoms with E-state index in [1.165, 1.54) is 25.3 Å². The van der Waals surface area contributed by atoms with Crippen LogP contribution in [0.3, 0.4) is 0 Å². The van der Waals surface area contributed by atoms with Crippen LogP contribution in [0.4, 0.5) is 4.39 Å². The third-order valence-corrected chi connectivity index (χ3v) is 4.01. The van der Waals surface area contributed by atoms with Gasteiger partial charge in [0.1, 0.15) is 5.82 Å². The second kappa shape index (κ2) is 8.20. The molecule has 19 heavy (non-hydrogen) atoms. The van der Waals surface area contributed by atoms with E-state index < -0.39 is 0 Å². The van der Waals surface area contributed by atoms with Gasteiger partial charge in [-0.15, -0.1) is 12.4 Å². The zero-order chi connectivity index (χ0) is 13.0. The lowest BCUT2D eigenvalue weighted by molar-refractivity contribution is 0.134. The van der Waals surface area contributed by atoms with Crippen molar-refractivity contribution in [1.29, 1.82) is 0 Å². The fourth-order valence-corrected chi connectivity index (χ4v) is 3.24. The lowest BCUT2D eigenvalue weighted by atomic mass is 9.98. The molecule has 2 rings (SSSR count). The number of nitrogens with zero attached hydrogens (tertiary/aromatic N) is 1. The average molecular weight is 352 g/mol. The van der Waals surface area contributed by atoms with Crippen LogP contribution >= 0.6 is 28.3 Å². The van der Waals surface area contributed by atoms with E-state index >= 15 is 0 Å². The maximum Gasteiger partial charge on any atom is 0.124 e. The molecule has 1 heterocycles. The zero-order valence-electron chi connectivity index (χ0n) is 10.9. The van der Waals surface area contributed by atoms with Crippen molar-refractivity contribution in [2.75, 3.05) is 13.1 Å². The Kier molecular flexibility index (Phi) is 7.29. The molecule has 2 nitrogen and oxygen atoms in total. The van der Waals surface area contributed by atoms with Gasteiger partial charge in [0.25, 0.3) is 0 Å². The molecule has 0 amide bonds. The fraction of sp³-hybridized carbons (Fsp3) is 0.571. The molecule has 2 N–H and O–H groups in total. The molecule has 0 aromatic heterocycles. The number of rotatable bonds is 4. The number of hydrogen-bond acceptors (Lipinski definition) is 2. The van der Waals surface area contributed by atoms with E-state index in [0.29, 0.717) is 6.04 Å². The Morgan fingerprint density at radius 1 is 1.32 bits per heavy atom. The molecule has 1 atom stereocenters. The second-order valence-corrected chi connectivity index (χ2v) is 5.89. The molecular formula is C14H21BrClFN2. The molecule has 1 saturated heterocycles. The standard InChI is InChI=1S/C14H20BrFN2.ClH/c15-12-7-11(8-13(16)9-12)10-18-6-2-1-3-14(18)4-5-17;/h7-9,14H,1-6,10,17H2;1H. The van der Waals surface area contributed by atoms with Crippen molar-refractivity contribution in [2.45, 2.75) is 38.3 Å². The zero-order valence-corrected chi connectivity index (χ0v) is 13.4. The van der Waals surface area contributed by atoms with E-state index in [2.05, 4.69) is 20.8 Å². The fourth-order valence-electron chi connectivity index (χ4n) is 2.72. The quantitative estimate of drug-likeness (QED) is 0.896. The van der Waals surface area contributed by atoms with E-state index in [4.69, 9.17) is 5.73 Å². The van der Waals surface area contributed by atoms with Crippen LogP contribution in [0.2, 0.25) is 0 Å². The smallest absolute Gasteiger partial charge is 0.124 e. The first-order valence-electron chi connectivity index (χ1n) is 6.58. The Bertz CT molecular complexity index is 381. The van der Waals surface area contributed by atoms with Crippen molar-refractivity contribution in [1.82, 2.24) is 4.90 Å². The van der Waals surface area contributed by atoms with Gasteiger partial charge in [0.15, 0.2) is 0 Å². The topological polar surface area (TPSA) is 29.3 Å². The van der Waals surface area contributed by atoms with Crippen molar-refractivity contribution < 1.29 is 4.39 Å². The highest BCUT2D eigenvalue weighted by molar-refractivity contribution is 9.10. The van der Waals surface area contributed by atoms with Crippen LogP contribution in [0.5, 0.6) is 0 Å². The highest BCUT2D eigenvalue weighted by Crippen LogP contribution is 2.23. The van der Waals surface area contributed by atoms with E-state index in [1.807, 2.05) is 6.07 Å². The van der Waals surface area contributed by atoms with Gasteiger partial charge in [-0.05, 0) is 56.1 Å². The minimum absolute atomic E-state index is 0. The highest BCUT2D eigenvalue weighted by atomic mass is 79.9. The van der Waals surface area contributed by atoms with E-state index in [9.17, 15) is 4.39 Å². The SMILES string of the molecule is Cl.NCCC1CCCCN1Cc1cc(F)cc(Br)c1. The molecule has 1 aliphatic rings. The Labute approximate surface area is 129 Å². The first kappa shape index (κ1) is 16.9. The normalized spacial score (nSPS) is 20.1. The molecule has 1 aromatic rings. The third kappa shape index (κ3) is 5.03. The Morgan fingerprint density at radius 3 is 2.79 bits per heavy atom. The number of likely N-dealkylation sites (tertiary alicyclic amines) is 1. The molecule has 1 aromatic carbocycles. The Hall–Kier alpha value is -0.160. The third-order valence-electron chi connectivity index (χ3n) is 3.56. The number of piperidine rings is 1. The van der Waals surface area contributed by atoms with Crippen LogP contribution in [0.15, 0.2) is 22.7 Å². The van der Waals surface area contributed by atoms with Crippen LogP contribution in [0.1, 0.15) is 31.2 Å². The molecule has 1 fully saturated rings. The summed E-state index contributed by atoms with van der Waals surface area (Å²) in [7, 11) is 0. The number of hydrogen-bond donors (Lipinski definition) is 1. The van der Waals surface area contributed by atoms with Crippen molar-refractivity contribution >= 4 is 28.3 Å². The Balaban J connectivity index is 0.00000180. The van der Waals surface area contributed by atoms with Gasteiger partial charge in [-0.25, -0.2) is 4.39 Å². The lowest BCUT2D eigenvalue weighted by Crippen LogP contribution is -2.40. The van der Waals surface area contributed by atoms with Crippen molar-refractivity contribution in [3.05, 3.63) is 34.1 Å². The van der Waals surface area contributed by atoms with Gasteiger partial charge in [-0.1, -0.05) is 22.4 Å². The van der Waals surface area contributed by atoms with Crippen molar-refractivity contribution in [3.63, 3.8) is 0 Å². The molecule has 108 valence electrons. The van der Waals surface area contributed by atoms with Crippen LogP contribution in [0, 0.1) is 5.82 Å². The van der Waals surface area contributed by atoms with Crippen molar-refractivity contribution in [2.24, 2.45) is 5.73 Å². The molecule has 0 bridgehead atoms. The molecule has 0 radical (unpaired) electrons. The first-order valence-corrected chi connectivity index (χ1v) is 7.37. The van der Waals surface area contributed by atoms with E-state index in [1.54, 1.807) is 6.07 Å². The number of nitrogens with two attached hydrogens (primary N) is 1. The molecule has 5 heteroatoms. The highest BCUT2D eigenvalue weighted by Gasteiger charge is 2.21. The maximum absolute atomic E-state index is 13.4. The first-order chi connectivity index (χ1) is 8.69. The van der Waals surface area contributed by atoms with Gasteiger partial charge in [-0.2, -0.15) is 0 Å². The van der Waals surface area contributed by atoms with Gasteiger partial charge in [0, 0.05) is 17.1 Å². The lowest BCUT2D eigenvalue weighted by Gasteiger charge is -2.35. The van der Waals surface area contributed by atoms with Gasteiger partial charge < -0.3 is 5.73 Å². The Morgan fingerprint density at radius 2 is 2.11 bits per heavy atom. The summed E-state index contributed by atoms with van der Waals surface area (Å²) in [6.45, 7) is 2.65. The summed E-state index contributed by atoms with van der Waals surface area (Å²) in [6.07, 6.45) is 4.77. The summed E-state index contributed by atoms with van der Waals surface area (Å²) in [4.78, 5) is 2.44. The van der Waals surface area contributed by atoms with Crippen LogP contribution in [-0.4, -0.2) is 24.0 Å². The number of halogens is 3. The monoisotopic (exact) mass is 350 g/mol. The average Bonchev–Trinajstić information content (AvgIpc) is 2.30. The minimum atomic E-state index is -0.174. The summed E-state index contributed by atoms with van der Waals surface area (Å²) < 4.78 is 14.2. The second-order valence-electron chi connectivity index (χ2n) is 4.98. The maximum atomic E-state index is 13.4. The van der Waals surface area contributed by atoms with E-state index in [0.717, 1.165) is 36.1 Å². The molecule has 1 unspecified atom stereocenters. The number of benzene rings is 1. The van der Waals surface area contributed by atoms with Gasteiger partial charge >= 0.3 is 0 Å². The molecule has 0 spiro atoms. The van der Waals surface area contributed by atoms with Gasteiger partial charge in [0.05, 0.1) is 0 Å². The predicted molar refractivity (Wildman–Crippen MR) is 83.1 cm³/mol. The minimum Gasteiger partial charge on any atom is -0.330 e. The van der Waals surface area contributed by atoms with Crippen LogP contribution in [0.25, 0.3) is 0 Å². The summed E-state index contributed by atoms with van der Waals surface area (Å²) >= 11 is 3.35. The van der Waals surface area contributed by atoms with Crippen LogP contribution in [-0.2, 0) is 6.54 Å². The van der Waals surface area contributed by atoms with E-state index in [-0.39, 0.29) is 18.2 Å². The molecule has 1 aliphatic heterocycles. The summed E-state index contributed by atoms with van der Waals surface area (Å²) in [5.41, 5.74) is 6.70. The molecular weight excluding hydrogens is 331 g/mol. The predicted octanol–water partition coefficient (Wildman–Crippen LogP) is 3.71. The van der Waals surface area contributed by atoms with Gasteiger partial charge in [-0.3, -0.25) is 4.90 Å². The summed E-state index contributed by atoms with van der Waals surface area (Å²) in [5.74, 6) is -0.174. The molecule has 0 saturated carbocycles. The summed E-state index contributed by atoms with van der Waals surface area (Å²) in [6, 6.07) is 5.68. The van der Waals surface area contributed by atoms with Crippen LogP contribution < -0.4 is 5.73 Å².